The third-order valence-electron chi connectivity index (χ3n) is 4.74. The Balaban J connectivity index is 0.000000941. The molecule has 29 heavy (non-hydrogen) atoms. The molecule has 2 aromatic rings. The summed E-state index contributed by atoms with van der Waals surface area (Å²) in [6.45, 7) is 7.34. The van der Waals surface area contributed by atoms with Crippen LogP contribution in [0.25, 0.3) is 11.1 Å². The standard InChI is InChI=1S/C18H21F3N4O.CH2O2/c1-3-24-8-10-25(11-9-24)17(26)14-6-4-13(5-7-14)15-12(2)22-23-16(15)18(19,20)21;2-1-3/h4-7H,3,8-11H2,1-2H3,(H,22,23);1H,(H,2,3). The van der Waals surface area contributed by atoms with Crippen LogP contribution in [0.1, 0.15) is 28.7 Å². The highest BCUT2D eigenvalue weighted by Crippen LogP contribution is 2.37. The van der Waals surface area contributed by atoms with Gasteiger partial charge in [0.2, 0.25) is 0 Å². The Bertz CT molecular complexity index is 826. The molecule has 7 nitrogen and oxygen atoms in total. The smallest absolute Gasteiger partial charge is 0.435 e. The predicted molar refractivity (Wildman–Crippen MR) is 100 cm³/mol. The van der Waals surface area contributed by atoms with Crippen LogP contribution in [0.3, 0.4) is 0 Å². The van der Waals surface area contributed by atoms with E-state index in [1.807, 2.05) is 0 Å². The molecule has 1 aromatic carbocycles. The second-order valence-electron chi connectivity index (χ2n) is 6.48. The summed E-state index contributed by atoms with van der Waals surface area (Å²) in [5, 5.41) is 12.7. The molecule has 158 valence electrons. The van der Waals surface area contributed by atoms with Crippen molar-refractivity contribution >= 4 is 12.4 Å². The molecular formula is C19H23F3N4O3. The maximum absolute atomic E-state index is 13.1. The number of rotatable bonds is 3. The monoisotopic (exact) mass is 412 g/mol. The molecule has 1 aliphatic heterocycles. The summed E-state index contributed by atoms with van der Waals surface area (Å²) < 4.78 is 39.3. The van der Waals surface area contributed by atoms with Crippen molar-refractivity contribution in [2.75, 3.05) is 32.7 Å². The average molecular weight is 412 g/mol. The van der Waals surface area contributed by atoms with Crippen molar-refractivity contribution in [3.8, 4) is 11.1 Å². The number of carboxylic acid groups (broad SMARTS) is 1. The van der Waals surface area contributed by atoms with Gasteiger partial charge in [0, 0.05) is 43.0 Å². The SMILES string of the molecule is CCN1CCN(C(=O)c2ccc(-c3c(C(F)(F)F)n[nH]c3C)cc2)CC1.O=CO. The number of nitrogens with one attached hydrogen (secondary N) is 1. The number of benzene rings is 1. The first-order valence-corrected chi connectivity index (χ1v) is 9.05. The fourth-order valence-electron chi connectivity index (χ4n) is 3.22. The number of alkyl halides is 3. The molecule has 1 saturated heterocycles. The van der Waals surface area contributed by atoms with Gasteiger partial charge in [-0.05, 0) is 31.2 Å². The summed E-state index contributed by atoms with van der Waals surface area (Å²) in [5.74, 6) is -0.0905. The molecule has 0 atom stereocenters. The first-order chi connectivity index (χ1) is 13.7. The summed E-state index contributed by atoms with van der Waals surface area (Å²) in [5.41, 5.74) is 0.286. The minimum absolute atomic E-state index is 0.0214. The van der Waals surface area contributed by atoms with Crippen molar-refractivity contribution in [1.82, 2.24) is 20.0 Å². The molecule has 2 heterocycles. The van der Waals surface area contributed by atoms with Crippen LogP contribution >= 0.6 is 0 Å². The average Bonchev–Trinajstić information content (AvgIpc) is 3.10. The minimum atomic E-state index is -4.53. The van der Waals surface area contributed by atoms with Crippen molar-refractivity contribution < 1.29 is 27.9 Å². The zero-order chi connectivity index (χ0) is 21.6. The Morgan fingerprint density at radius 3 is 2.24 bits per heavy atom. The van der Waals surface area contributed by atoms with Gasteiger partial charge in [-0.3, -0.25) is 14.7 Å². The van der Waals surface area contributed by atoms with Crippen LogP contribution < -0.4 is 0 Å². The lowest BCUT2D eigenvalue weighted by Crippen LogP contribution is -2.48. The molecule has 0 unspecified atom stereocenters. The van der Waals surface area contributed by atoms with Crippen LogP contribution in [0.5, 0.6) is 0 Å². The molecule has 1 fully saturated rings. The van der Waals surface area contributed by atoms with Gasteiger partial charge in [0.25, 0.3) is 12.4 Å². The molecule has 0 saturated carbocycles. The van der Waals surface area contributed by atoms with Crippen LogP contribution in [0.15, 0.2) is 24.3 Å². The molecule has 1 aliphatic rings. The van der Waals surface area contributed by atoms with Gasteiger partial charge < -0.3 is 14.9 Å². The fourth-order valence-corrected chi connectivity index (χ4v) is 3.22. The molecule has 2 N–H and O–H groups in total. The summed E-state index contributed by atoms with van der Waals surface area (Å²) in [6.07, 6.45) is -4.53. The van der Waals surface area contributed by atoms with E-state index in [1.54, 1.807) is 36.1 Å². The second kappa shape index (κ2) is 9.55. The van der Waals surface area contributed by atoms with E-state index in [0.717, 1.165) is 19.6 Å². The third kappa shape index (κ3) is 5.35. The summed E-state index contributed by atoms with van der Waals surface area (Å²) in [4.78, 5) is 25.0. The van der Waals surface area contributed by atoms with Gasteiger partial charge in [0.05, 0.1) is 0 Å². The number of carbonyl (C=O) groups is 2. The van der Waals surface area contributed by atoms with Gasteiger partial charge in [-0.1, -0.05) is 19.1 Å². The summed E-state index contributed by atoms with van der Waals surface area (Å²) in [6, 6.07) is 6.25. The van der Waals surface area contributed by atoms with Crippen LogP contribution in [-0.4, -0.2) is 70.2 Å². The van der Waals surface area contributed by atoms with E-state index >= 15 is 0 Å². The Morgan fingerprint density at radius 2 is 1.76 bits per heavy atom. The number of hydrogen-bond donors (Lipinski definition) is 2. The third-order valence-corrected chi connectivity index (χ3v) is 4.74. The Morgan fingerprint density at radius 1 is 1.21 bits per heavy atom. The summed E-state index contributed by atoms with van der Waals surface area (Å²) in [7, 11) is 0. The Kier molecular flexibility index (Phi) is 7.38. The lowest BCUT2D eigenvalue weighted by atomic mass is 10.0. The van der Waals surface area contributed by atoms with Crippen LogP contribution in [-0.2, 0) is 11.0 Å². The van der Waals surface area contributed by atoms with Gasteiger partial charge in [-0.2, -0.15) is 18.3 Å². The maximum Gasteiger partial charge on any atom is 0.435 e. The normalized spacial score (nSPS) is 14.9. The highest BCUT2D eigenvalue weighted by Gasteiger charge is 2.37. The number of nitrogens with zero attached hydrogens (tertiary/aromatic N) is 3. The number of amides is 1. The highest BCUT2D eigenvalue weighted by atomic mass is 19.4. The number of halogens is 3. The predicted octanol–water partition coefficient (Wildman–Crippen LogP) is 2.88. The van der Waals surface area contributed by atoms with Crippen molar-refractivity contribution in [3.05, 3.63) is 41.2 Å². The van der Waals surface area contributed by atoms with E-state index in [4.69, 9.17) is 9.90 Å². The quantitative estimate of drug-likeness (QED) is 0.757. The van der Waals surface area contributed by atoms with Crippen LogP contribution in [0, 0.1) is 6.92 Å². The van der Waals surface area contributed by atoms with Gasteiger partial charge in [-0.25, -0.2) is 0 Å². The fraction of sp³-hybridized carbons (Fsp3) is 0.421. The van der Waals surface area contributed by atoms with Gasteiger partial charge >= 0.3 is 6.18 Å². The number of aryl methyl sites for hydroxylation is 1. The van der Waals surface area contributed by atoms with Crippen molar-refractivity contribution in [2.24, 2.45) is 0 Å². The van der Waals surface area contributed by atoms with Gasteiger partial charge in [0.15, 0.2) is 5.69 Å². The molecule has 1 amide bonds. The molecule has 0 bridgehead atoms. The molecule has 1 aromatic heterocycles. The number of hydrogen-bond acceptors (Lipinski definition) is 4. The van der Waals surface area contributed by atoms with Crippen LogP contribution in [0.2, 0.25) is 0 Å². The highest BCUT2D eigenvalue weighted by molar-refractivity contribution is 5.95. The van der Waals surface area contributed by atoms with Crippen molar-refractivity contribution in [2.45, 2.75) is 20.0 Å². The van der Waals surface area contributed by atoms with Gasteiger partial charge in [0.1, 0.15) is 0 Å². The summed E-state index contributed by atoms with van der Waals surface area (Å²) >= 11 is 0. The topological polar surface area (TPSA) is 89.5 Å². The number of carbonyl (C=O) groups excluding carboxylic acids is 1. The largest absolute Gasteiger partial charge is 0.483 e. The molecule has 10 heteroatoms. The zero-order valence-electron chi connectivity index (χ0n) is 16.2. The number of H-pyrrole nitrogens is 1. The first kappa shape index (κ1) is 22.4. The molecule has 0 radical (unpaired) electrons. The second-order valence-corrected chi connectivity index (χ2v) is 6.48. The Labute approximate surface area is 166 Å². The van der Waals surface area contributed by atoms with E-state index in [2.05, 4.69) is 22.0 Å². The minimum Gasteiger partial charge on any atom is -0.483 e. The van der Waals surface area contributed by atoms with E-state index in [9.17, 15) is 18.0 Å². The van der Waals surface area contributed by atoms with E-state index < -0.39 is 11.9 Å². The van der Waals surface area contributed by atoms with Crippen LogP contribution in [0.4, 0.5) is 13.2 Å². The maximum atomic E-state index is 13.1. The van der Waals surface area contributed by atoms with E-state index in [0.29, 0.717) is 29.9 Å². The Hall–Kier alpha value is -2.88. The van der Waals surface area contributed by atoms with Crippen molar-refractivity contribution in [3.63, 3.8) is 0 Å². The van der Waals surface area contributed by atoms with Crippen molar-refractivity contribution in [1.29, 1.82) is 0 Å². The van der Waals surface area contributed by atoms with E-state index in [-0.39, 0.29) is 17.9 Å². The lowest BCUT2D eigenvalue weighted by Gasteiger charge is -2.34. The number of likely N-dealkylation sites (N-methyl/N-ethyl adjacent to an activating group) is 1. The first-order valence-electron chi connectivity index (χ1n) is 9.05. The van der Waals surface area contributed by atoms with E-state index in [1.165, 1.54) is 0 Å². The van der Waals surface area contributed by atoms with Gasteiger partial charge in [-0.15, -0.1) is 0 Å². The molecule has 3 rings (SSSR count). The lowest BCUT2D eigenvalue weighted by molar-refractivity contribution is -0.140. The molecule has 0 aliphatic carbocycles. The number of aromatic amines is 1. The number of aromatic nitrogens is 2. The zero-order valence-corrected chi connectivity index (χ0v) is 16.2. The number of piperazine rings is 1. The molecular weight excluding hydrogens is 389 g/mol. The molecule has 0 spiro atoms.